The molecule has 2 N–H and O–H groups in total. The van der Waals surface area contributed by atoms with E-state index in [0.29, 0.717) is 0 Å². The monoisotopic (exact) mass is 139 g/mol. The van der Waals surface area contributed by atoms with E-state index in [-0.39, 0.29) is 12.3 Å². The van der Waals surface area contributed by atoms with Crippen molar-refractivity contribution in [2.75, 3.05) is 0 Å². The van der Waals surface area contributed by atoms with Crippen LogP contribution in [0.5, 0.6) is 0 Å². The van der Waals surface area contributed by atoms with Gasteiger partial charge in [-0.1, -0.05) is 0 Å². The molecule has 1 aromatic heterocycles. The first-order valence-electron chi connectivity index (χ1n) is 2.94. The van der Waals surface area contributed by atoms with Gasteiger partial charge in [-0.05, 0) is 5.56 Å². The second-order valence-electron chi connectivity index (χ2n) is 2.17. The molecule has 0 bridgehead atoms. The maximum absolute atomic E-state index is 10.4. The molecule has 0 unspecified atom stereocenters. The molecule has 0 aromatic carbocycles. The third-order valence-corrected chi connectivity index (χ3v) is 1.14. The van der Waals surface area contributed by atoms with Gasteiger partial charge in [0.25, 0.3) is 0 Å². The minimum absolute atomic E-state index is 0.272. The second kappa shape index (κ2) is 2.51. The Labute approximate surface area is 58.6 Å². The number of rotatable bonds is 2. The van der Waals surface area contributed by atoms with E-state index in [1.54, 1.807) is 24.1 Å². The molecule has 0 fully saturated rings. The Bertz CT molecular complexity index is 241. The van der Waals surface area contributed by atoms with Gasteiger partial charge >= 0.3 is 0 Å². The molecule has 0 radical (unpaired) electrons. The molecular formula is C6H9N3O. The average Bonchev–Trinajstić information content (AvgIpc) is 2.13. The maximum Gasteiger partial charge on any atom is 0.221 e. The number of carbonyl (C=O) groups excluding carboxylic acids is 1. The highest BCUT2D eigenvalue weighted by atomic mass is 16.1. The molecule has 4 heteroatoms. The molecule has 1 amide bonds. The number of amides is 1. The normalized spacial score (nSPS) is 9.70. The summed E-state index contributed by atoms with van der Waals surface area (Å²) in [5.41, 5.74) is 5.81. The topological polar surface area (TPSA) is 60.9 Å². The first-order valence-corrected chi connectivity index (χ1v) is 2.94. The van der Waals surface area contributed by atoms with Crippen LogP contribution in [0.25, 0.3) is 0 Å². The van der Waals surface area contributed by atoms with Crippen molar-refractivity contribution in [3.8, 4) is 0 Å². The molecule has 0 aliphatic rings. The minimum atomic E-state index is -0.326. The van der Waals surface area contributed by atoms with Gasteiger partial charge in [0.1, 0.15) is 0 Å². The van der Waals surface area contributed by atoms with Crippen molar-refractivity contribution in [2.45, 2.75) is 6.42 Å². The third-order valence-electron chi connectivity index (χ3n) is 1.14. The lowest BCUT2D eigenvalue weighted by Crippen LogP contribution is -2.13. The van der Waals surface area contributed by atoms with Crippen molar-refractivity contribution in [2.24, 2.45) is 12.8 Å². The highest BCUT2D eigenvalue weighted by Gasteiger charge is 1.98. The fourth-order valence-electron chi connectivity index (χ4n) is 0.764. The first kappa shape index (κ1) is 6.80. The number of primary amides is 1. The van der Waals surface area contributed by atoms with Crippen LogP contribution >= 0.6 is 0 Å². The van der Waals surface area contributed by atoms with Crippen LogP contribution < -0.4 is 5.73 Å². The molecule has 0 atom stereocenters. The van der Waals surface area contributed by atoms with Gasteiger partial charge in [-0.15, -0.1) is 0 Å². The Kier molecular flexibility index (Phi) is 1.71. The molecule has 0 aliphatic carbocycles. The Morgan fingerprint density at radius 3 is 3.00 bits per heavy atom. The average molecular weight is 139 g/mol. The van der Waals surface area contributed by atoms with E-state index < -0.39 is 0 Å². The summed E-state index contributed by atoms with van der Waals surface area (Å²) in [6, 6.07) is 0. The summed E-state index contributed by atoms with van der Waals surface area (Å²) in [6.07, 6.45) is 3.67. The van der Waals surface area contributed by atoms with Gasteiger partial charge in [0.05, 0.1) is 12.6 Å². The zero-order valence-corrected chi connectivity index (χ0v) is 5.74. The standard InChI is InChI=1S/C6H9N3O/c1-9-4-5(3-8-9)2-6(7)10/h3-4H,2H2,1H3,(H2,7,10). The summed E-state index contributed by atoms with van der Waals surface area (Å²) in [5.74, 6) is -0.326. The van der Waals surface area contributed by atoms with E-state index in [2.05, 4.69) is 5.10 Å². The minimum Gasteiger partial charge on any atom is -0.369 e. The van der Waals surface area contributed by atoms with Gasteiger partial charge < -0.3 is 5.73 Å². The van der Waals surface area contributed by atoms with Crippen LogP contribution in [0.3, 0.4) is 0 Å². The van der Waals surface area contributed by atoms with Crippen molar-refractivity contribution >= 4 is 5.91 Å². The van der Waals surface area contributed by atoms with Crippen LogP contribution in [-0.4, -0.2) is 15.7 Å². The maximum atomic E-state index is 10.4. The van der Waals surface area contributed by atoms with Crippen molar-refractivity contribution in [1.82, 2.24) is 9.78 Å². The van der Waals surface area contributed by atoms with Crippen LogP contribution in [0, 0.1) is 0 Å². The smallest absolute Gasteiger partial charge is 0.221 e. The van der Waals surface area contributed by atoms with Crippen LogP contribution in [0.1, 0.15) is 5.56 Å². The first-order chi connectivity index (χ1) is 4.68. The SMILES string of the molecule is Cn1cc(CC(N)=O)cn1. The third kappa shape index (κ3) is 1.58. The Hall–Kier alpha value is -1.32. The zero-order chi connectivity index (χ0) is 7.56. The molecule has 0 saturated carbocycles. The molecule has 0 saturated heterocycles. The molecule has 0 aliphatic heterocycles. The van der Waals surface area contributed by atoms with E-state index in [1.165, 1.54) is 0 Å². The number of aryl methyl sites for hydroxylation is 1. The number of carbonyl (C=O) groups is 1. The number of hydrogen-bond donors (Lipinski definition) is 1. The Balaban J connectivity index is 2.67. The summed E-state index contributed by atoms with van der Waals surface area (Å²) in [4.78, 5) is 10.4. The van der Waals surface area contributed by atoms with Gasteiger partial charge in [0.15, 0.2) is 0 Å². The van der Waals surface area contributed by atoms with Gasteiger partial charge in [-0.3, -0.25) is 9.48 Å². The van der Waals surface area contributed by atoms with E-state index >= 15 is 0 Å². The lowest BCUT2D eigenvalue weighted by Gasteiger charge is -1.86. The molecule has 54 valence electrons. The fourth-order valence-corrected chi connectivity index (χ4v) is 0.764. The highest BCUT2D eigenvalue weighted by molar-refractivity contribution is 5.76. The van der Waals surface area contributed by atoms with Gasteiger partial charge in [0, 0.05) is 13.2 Å². The van der Waals surface area contributed by atoms with Gasteiger partial charge in [-0.25, -0.2) is 0 Å². The van der Waals surface area contributed by atoms with Crippen molar-refractivity contribution in [3.63, 3.8) is 0 Å². The van der Waals surface area contributed by atoms with E-state index in [1.807, 2.05) is 0 Å². The van der Waals surface area contributed by atoms with E-state index in [4.69, 9.17) is 5.73 Å². The van der Waals surface area contributed by atoms with Crippen molar-refractivity contribution < 1.29 is 4.79 Å². The number of nitrogens with zero attached hydrogens (tertiary/aromatic N) is 2. The van der Waals surface area contributed by atoms with Crippen LogP contribution in [0.2, 0.25) is 0 Å². The van der Waals surface area contributed by atoms with Crippen LogP contribution in [-0.2, 0) is 18.3 Å². The molecule has 4 nitrogen and oxygen atoms in total. The number of aromatic nitrogens is 2. The summed E-state index contributed by atoms with van der Waals surface area (Å²) >= 11 is 0. The molecule has 1 heterocycles. The molecule has 1 rings (SSSR count). The molecule has 10 heavy (non-hydrogen) atoms. The van der Waals surface area contributed by atoms with Crippen molar-refractivity contribution in [1.29, 1.82) is 0 Å². The van der Waals surface area contributed by atoms with Crippen molar-refractivity contribution in [3.05, 3.63) is 18.0 Å². The molecule has 1 aromatic rings. The summed E-state index contributed by atoms with van der Waals surface area (Å²) in [6.45, 7) is 0. The lowest BCUT2D eigenvalue weighted by molar-refractivity contribution is -0.117. The van der Waals surface area contributed by atoms with Crippen LogP contribution in [0.4, 0.5) is 0 Å². The van der Waals surface area contributed by atoms with Gasteiger partial charge in [0.2, 0.25) is 5.91 Å². The molecular weight excluding hydrogens is 130 g/mol. The van der Waals surface area contributed by atoms with E-state index in [0.717, 1.165) is 5.56 Å². The zero-order valence-electron chi connectivity index (χ0n) is 5.74. The lowest BCUT2D eigenvalue weighted by atomic mass is 10.2. The quantitative estimate of drug-likeness (QED) is 0.597. The fraction of sp³-hybridized carbons (Fsp3) is 0.333. The van der Waals surface area contributed by atoms with Gasteiger partial charge in [-0.2, -0.15) is 5.10 Å². The number of nitrogens with two attached hydrogens (primary N) is 1. The van der Waals surface area contributed by atoms with Crippen LogP contribution in [0.15, 0.2) is 12.4 Å². The second-order valence-corrected chi connectivity index (χ2v) is 2.17. The molecule has 0 spiro atoms. The highest BCUT2D eigenvalue weighted by Crippen LogP contribution is 1.95. The Morgan fingerprint density at radius 2 is 2.60 bits per heavy atom. The summed E-state index contributed by atoms with van der Waals surface area (Å²) in [7, 11) is 1.80. The Morgan fingerprint density at radius 1 is 1.90 bits per heavy atom. The largest absolute Gasteiger partial charge is 0.369 e. The predicted molar refractivity (Wildman–Crippen MR) is 36.1 cm³/mol. The number of hydrogen-bond acceptors (Lipinski definition) is 2. The predicted octanol–water partition coefficient (Wildman–Crippen LogP) is -0.552. The van der Waals surface area contributed by atoms with E-state index in [9.17, 15) is 4.79 Å². The summed E-state index contributed by atoms with van der Waals surface area (Å²) in [5, 5.41) is 3.88. The summed E-state index contributed by atoms with van der Waals surface area (Å²) < 4.78 is 1.64.